The number of rotatable bonds is 55. The lowest BCUT2D eigenvalue weighted by molar-refractivity contribution is -0.167. The molecular weight excluding hydrogens is 853 g/mol. The zero-order valence-corrected chi connectivity index (χ0v) is 46.1. The van der Waals surface area contributed by atoms with E-state index in [0.717, 1.165) is 83.5 Å². The largest absolute Gasteiger partial charge is 0.462 e. The first-order valence-corrected chi connectivity index (χ1v) is 30.1. The lowest BCUT2D eigenvalue weighted by Gasteiger charge is -2.18. The molecule has 0 fully saturated rings. The van der Waals surface area contributed by atoms with E-state index in [2.05, 4.69) is 69.4 Å². The van der Waals surface area contributed by atoms with E-state index in [9.17, 15) is 14.4 Å². The molecule has 0 radical (unpaired) electrons. The van der Waals surface area contributed by atoms with Crippen molar-refractivity contribution in [3.05, 3.63) is 48.6 Å². The number of unbranched alkanes of at least 4 members (excludes halogenated alkanes) is 36. The number of ether oxygens (including phenoxy) is 3. The normalized spacial score (nSPS) is 12.3. The minimum atomic E-state index is -0.782. The molecule has 1 atom stereocenters. The second-order valence-corrected chi connectivity index (χ2v) is 20.2. The molecule has 0 N–H and O–H groups in total. The first-order chi connectivity index (χ1) is 34.0. The maximum atomic E-state index is 12.9. The lowest BCUT2D eigenvalue weighted by Crippen LogP contribution is -2.30. The minimum Gasteiger partial charge on any atom is -0.462 e. The molecule has 6 heteroatoms. The van der Waals surface area contributed by atoms with Crippen molar-refractivity contribution in [1.82, 2.24) is 0 Å². The van der Waals surface area contributed by atoms with Gasteiger partial charge in [-0.1, -0.05) is 249 Å². The van der Waals surface area contributed by atoms with Crippen LogP contribution < -0.4 is 0 Å². The Bertz CT molecular complexity index is 1200. The van der Waals surface area contributed by atoms with Crippen molar-refractivity contribution >= 4 is 17.9 Å². The number of hydrogen-bond acceptors (Lipinski definition) is 6. The van der Waals surface area contributed by atoms with Gasteiger partial charge < -0.3 is 14.2 Å². The van der Waals surface area contributed by atoms with Gasteiger partial charge in [-0.2, -0.15) is 0 Å². The fourth-order valence-corrected chi connectivity index (χ4v) is 8.77. The maximum absolute atomic E-state index is 12.9. The summed E-state index contributed by atoms with van der Waals surface area (Å²) in [4.78, 5) is 38.2. The first-order valence-electron chi connectivity index (χ1n) is 30.1. The summed E-state index contributed by atoms with van der Waals surface area (Å²) >= 11 is 0. The number of esters is 3. The van der Waals surface area contributed by atoms with Crippen molar-refractivity contribution in [2.75, 3.05) is 13.2 Å². The van der Waals surface area contributed by atoms with Gasteiger partial charge in [0.1, 0.15) is 13.2 Å². The summed E-state index contributed by atoms with van der Waals surface area (Å²) in [5.41, 5.74) is 0. The smallest absolute Gasteiger partial charge is 0.306 e. The number of carbonyl (C=O) groups excluding carboxylic acids is 3. The van der Waals surface area contributed by atoms with Gasteiger partial charge in [-0.3, -0.25) is 14.4 Å². The summed E-state index contributed by atoms with van der Waals surface area (Å²) in [6.45, 7) is 6.56. The Morgan fingerprint density at radius 1 is 0.304 bits per heavy atom. The van der Waals surface area contributed by atoms with Crippen LogP contribution in [0.25, 0.3) is 0 Å². The van der Waals surface area contributed by atoms with Crippen LogP contribution in [0.5, 0.6) is 0 Å². The molecule has 0 aliphatic carbocycles. The van der Waals surface area contributed by atoms with Crippen molar-refractivity contribution in [3.63, 3.8) is 0 Å². The summed E-state index contributed by atoms with van der Waals surface area (Å²) in [5.74, 6) is -0.885. The molecular formula is C63H114O6. The van der Waals surface area contributed by atoms with Gasteiger partial charge in [0, 0.05) is 19.3 Å². The Kier molecular flexibility index (Phi) is 55.7. The summed E-state index contributed by atoms with van der Waals surface area (Å²) in [5, 5.41) is 0. The Balaban J connectivity index is 4.36. The molecule has 0 spiro atoms. The van der Waals surface area contributed by atoms with Crippen LogP contribution in [0.2, 0.25) is 0 Å². The molecule has 0 aromatic rings. The van der Waals surface area contributed by atoms with Gasteiger partial charge in [0.25, 0.3) is 0 Å². The molecule has 0 amide bonds. The van der Waals surface area contributed by atoms with Crippen molar-refractivity contribution in [2.45, 2.75) is 322 Å². The highest BCUT2D eigenvalue weighted by Crippen LogP contribution is 2.16. The van der Waals surface area contributed by atoms with Crippen LogP contribution in [-0.2, 0) is 28.6 Å². The van der Waals surface area contributed by atoms with E-state index in [1.807, 2.05) is 0 Å². The van der Waals surface area contributed by atoms with E-state index < -0.39 is 6.10 Å². The predicted octanol–water partition coefficient (Wildman–Crippen LogP) is 20.2. The standard InChI is InChI=1S/C63H114O6/c1-4-7-10-13-16-19-22-25-28-30-32-34-35-38-41-44-47-50-53-56-62(65)68-59-60(58-67-61(64)55-52-49-46-43-40-37-27-24-21-18-15-12-9-6-3)69-63(66)57-54-51-48-45-42-39-36-33-31-29-26-23-20-17-14-11-8-5-2/h9,12,18,21,30,32-33,36,60H,4-8,10-11,13-17,19-20,22-29,31,34-35,37-59H2,1-3H3/b12-9-,21-18-,32-30-,36-33-. The molecule has 1 unspecified atom stereocenters. The SMILES string of the molecule is CC/C=C\C/C=C\CCCCCCCCCC(=O)OCC(COC(=O)CCCCCCCCC/C=C\CCCCCCCCCC)OC(=O)CCCCCCC/C=C\CCCCCCCCCCC. The molecule has 69 heavy (non-hydrogen) atoms. The monoisotopic (exact) mass is 967 g/mol. The molecule has 0 bridgehead atoms. The number of hydrogen-bond donors (Lipinski definition) is 0. The van der Waals surface area contributed by atoms with Crippen LogP contribution in [0.1, 0.15) is 316 Å². The predicted molar refractivity (Wildman–Crippen MR) is 298 cm³/mol. The molecule has 0 rings (SSSR count). The number of allylic oxidation sites excluding steroid dienone is 8. The summed E-state index contributed by atoms with van der Waals surface area (Å²) in [7, 11) is 0. The van der Waals surface area contributed by atoms with Crippen molar-refractivity contribution in [1.29, 1.82) is 0 Å². The zero-order chi connectivity index (χ0) is 50.0. The van der Waals surface area contributed by atoms with E-state index in [1.54, 1.807) is 0 Å². The van der Waals surface area contributed by atoms with E-state index in [-0.39, 0.29) is 31.1 Å². The molecule has 402 valence electrons. The maximum Gasteiger partial charge on any atom is 0.306 e. The Hall–Kier alpha value is -2.63. The third kappa shape index (κ3) is 56.2. The fraction of sp³-hybridized carbons (Fsp3) is 0.825. The average molecular weight is 968 g/mol. The summed E-state index contributed by atoms with van der Waals surface area (Å²) in [6.07, 6.45) is 71.1. The topological polar surface area (TPSA) is 78.9 Å². The molecule has 0 aromatic heterocycles. The molecule has 0 saturated heterocycles. The second kappa shape index (κ2) is 57.9. The van der Waals surface area contributed by atoms with Crippen LogP contribution in [-0.4, -0.2) is 37.2 Å². The molecule has 0 saturated carbocycles. The molecule has 6 nitrogen and oxygen atoms in total. The quantitative estimate of drug-likeness (QED) is 0.0262. The van der Waals surface area contributed by atoms with Crippen LogP contribution in [0.15, 0.2) is 48.6 Å². The van der Waals surface area contributed by atoms with Crippen molar-refractivity contribution < 1.29 is 28.6 Å². The van der Waals surface area contributed by atoms with Gasteiger partial charge in [0.2, 0.25) is 0 Å². The Labute approximate surface area is 428 Å². The summed E-state index contributed by atoms with van der Waals surface area (Å²) in [6, 6.07) is 0. The summed E-state index contributed by atoms with van der Waals surface area (Å²) < 4.78 is 16.9. The Morgan fingerprint density at radius 2 is 0.565 bits per heavy atom. The van der Waals surface area contributed by atoms with Crippen LogP contribution in [0, 0.1) is 0 Å². The van der Waals surface area contributed by atoms with Crippen LogP contribution >= 0.6 is 0 Å². The molecule has 0 aliphatic heterocycles. The van der Waals surface area contributed by atoms with Crippen LogP contribution in [0.4, 0.5) is 0 Å². The third-order valence-corrected chi connectivity index (χ3v) is 13.3. The van der Waals surface area contributed by atoms with Gasteiger partial charge in [-0.15, -0.1) is 0 Å². The van der Waals surface area contributed by atoms with E-state index in [1.165, 1.54) is 193 Å². The average Bonchev–Trinajstić information content (AvgIpc) is 3.35. The van der Waals surface area contributed by atoms with Gasteiger partial charge in [0.05, 0.1) is 0 Å². The van der Waals surface area contributed by atoms with Crippen LogP contribution in [0.3, 0.4) is 0 Å². The highest BCUT2D eigenvalue weighted by molar-refractivity contribution is 5.71. The minimum absolute atomic E-state index is 0.0796. The third-order valence-electron chi connectivity index (χ3n) is 13.3. The first kappa shape index (κ1) is 66.4. The number of carbonyl (C=O) groups is 3. The van der Waals surface area contributed by atoms with E-state index in [0.29, 0.717) is 19.3 Å². The molecule has 0 aromatic carbocycles. The molecule has 0 aliphatic rings. The van der Waals surface area contributed by atoms with Gasteiger partial charge in [-0.25, -0.2) is 0 Å². The second-order valence-electron chi connectivity index (χ2n) is 20.2. The van der Waals surface area contributed by atoms with Crippen molar-refractivity contribution in [3.8, 4) is 0 Å². The van der Waals surface area contributed by atoms with E-state index >= 15 is 0 Å². The highest BCUT2D eigenvalue weighted by Gasteiger charge is 2.19. The fourth-order valence-electron chi connectivity index (χ4n) is 8.77. The zero-order valence-electron chi connectivity index (χ0n) is 46.1. The van der Waals surface area contributed by atoms with Crippen molar-refractivity contribution in [2.24, 2.45) is 0 Å². The van der Waals surface area contributed by atoms with E-state index in [4.69, 9.17) is 14.2 Å². The van der Waals surface area contributed by atoms with Gasteiger partial charge in [-0.05, 0) is 96.3 Å². The highest BCUT2D eigenvalue weighted by atomic mass is 16.6. The Morgan fingerprint density at radius 3 is 0.884 bits per heavy atom. The lowest BCUT2D eigenvalue weighted by atomic mass is 10.1. The van der Waals surface area contributed by atoms with Gasteiger partial charge in [0.15, 0.2) is 6.10 Å². The molecule has 0 heterocycles. The van der Waals surface area contributed by atoms with Gasteiger partial charge >= 0.3 is 17.9 Å².